The Bertz CT molecular complexity index is 562. The molecule has 0 saturated heterocycles. The Morgan fingerprint density at radius 1 is 1.62 bits per heavy atom. The summed E-state index contributed by atoms with van der Waals surface area (Å²) in [6, 6.07) is 5.14. The van der Waals surface area contributed by atoms with Crippen molar-refractivity contribution in [1.29, 1.82) is 5.26 Å². The van der Waals surface area contributed by atoms with E-state index < -0.39 is 5.91 Å². The monoisotopic (exact) mass is 217 g/mol. The molecule has 0 atom stereocenters. The molecule has 0 aliphatic rings. The van der Waals surface area contributed by atoms with Crippen molar-refractivity contribution in [2.24, 2.45) is 0 Å². The molecule has 0 unspecified atom stereocenters. The normalized spacial score (nSPS) is 9.75. The number of nitriles is 1. The lowest BCUT2D eigenvalue weighted by Crippen LogP contribution is -2.19. The van der Waals surface area contributed by atoms with Crippen LogP contribution in [0.2, 0.25) is 0 Å². The lowest BCUT2D eigenvalue weighted by atomic mass is 10.4. The third kappa shape index (κ3) is 1.64. The largest absolute Gasteiger partial charge is 0.352 e. The van der Waals surface area contributed by atoms with Crippen LogP contribution in [-0.2, 0) is 0 Å². The van der Waals surface area contributed by atoms with Gasteiger partial charge < -0.3 is 14.8 Å². The summed E-state index contributed by atoms with van der Waals surface area (Å²) >= 11 is 0. The van der Waals surface area contributed by atoms with E-state index in [0.29, 0.717) is 11.4 Å². The smallest absolute Gasteiger partial charge is 0.292 e. The Morgan fingerprint density at radius 2 is 2.44 bits per heavy atom. The zero-order chi connectivity index (χ0) is 11.5. The highest BCUT2D eigenvalue weighted by atomic mass is 16.5. The molecule has 0 fully saturated rings. The third-order valence-electron chi connectivity index (χ3n) is 1.89. The Kier molecular flexibility index (Phi) is 2.39. The molecule has 7 heteroatoms. The first-order valence-electron chi connectivity index (χ1n) is 4.40. The highest BCUT2D eigenvalue weighted by Crippen LogP contribution is 2.15. The molecule has 0 aliphatic heterocycles. The van der Waals surface area contributed by atoms with Crippen molar-refractivity contribution in [3.05, 3.63) is 23.7 Å². The van der Waals surface area contributed by atoms with Crippen LogP contribution in [0, 0.1) is 11.3 Å². The van der Waals surface area contributed by atoms with Gasteiger partial charge in [0.2, 0.25) is 0 Å². The van der Waals surface area contributed by atoms with Crippen LogP contribution in [0.4, 0.5) is 0 Å². The van der Waals surface area contributed by atoms with Crippen molar-refractivity contribution in [3.63, 3.8) is 0 Å². The molecule has 0 spiro atoms. The van der Waals surface area contributed by atoms with Crippen molar-refractivity contribution in [1.82, 2.24) is 20.4 Å². The van der Waals surface area contributed by atoms with Gasteiger partial charge in [-0.1, -0.05) is 5.16 Å². The number of rotatable bonds is 2. The molecule has 2 aromatic heterocycles. The van der Waals surface area contributed by atoms with Gasteiger partial charge in [0.1, 0.15) is 17.5 Å². The molecular formula is C9H7N5O2. The summed E-state index contributed by atoms with van der Waals surface area (Å²) in [7, 11) is 1.47. The fraction of sp³-hybridized carbons (Fsp3) is 0.111. The van der Waals surface area contributed by atoms with E-state index in [4.69, 9.17) is 9.78 Å². The molecule has 0 saturated carbocycles. The number of aromatic amines is 1. The minimum absolute atomic E-state index is 0.0504. The van der Waals surface area contributed by atoms with E-state index in [1.165, 1.54) is 7.05 Å². The summed E-state index contributed by atoms with van der Waals surface area (Å²) in [5.41, 5.74) is 0.883. The Hall–Kier alpha value is -2.62. The molecular weight excluding hydrogens is 210 g/mol. The lowest BCUT2D eigenvalue weighted by molar-refractivity contribution is 0.0950. The van der Waals surface area contributed by atoms with Crippen LogP contribution in [-0.4, -0.2) is 28.1 Å². The summed E-state index contributed by atoms with van der Waals surface area (Å²) in [5, 5.41) is 14.5. The van der Waals surface area contributed by atoms with Crippen molar-refractivity contribution in [2.75, 3.05) is 7.05 Å². The van der Waals surface area contributed by atoms with Crippen LogP contribution in [0.25, 0.3) is 11.6 Å². The Morgan fingerprint density at radius 3 is 3.06 bits per heavy atom. The minimum Gasteiger partial charge on any atom is -0.352 e. The second-order valence-electron chi connectivity index (χ2n) is 2.90. The average Bonchev–Trinajstić information content (AvgIpc) is 2.95. The van der Waals surface area contributed by atoms with Gasteiger partial charge in [0.25, 0.3) is 17.6 Å². The molecule has 80 valence electrons. The average molecular weight is 217 g/mol. The first-order chi connectivity index (χ1) is 7.74. The molecule has 7 nitrogen and oxygen atoms in total. The van der Waals surface area contributed by atoms with Crippen molar-refractivity contribution in [3.8, 4) is 17.7 Å². The Labute approximate surface area is 90.1 Å². The molecule has 2 rings (SSSR count). The summed E-state index contributed by atoms with van der Waals surface area (Å²) in [6.07, 6.45) is 0. The zero-order valence-corrected chi connectivity index (χ0v) is 8.31. The lowest BCUT2D eigenvalue weighted by Gasteiger charge is -1.88. The van der Waals surface area contributed by atoms with E-state index in [1.54, 1.807) is 12.1 Å². The topological polar surface area (TPSA) is 108 Å². The number of carbonyl (C=O) groups is 1. The number of hydrogen-bond acceptors (Lipinski definition) is 5. The number of hydrogen-bond donors (Lipinski definition) is 2. The zero-order valence-electron chi connectivity index (χ0n) is 8.31. The number of amides is 1. The van der Waals surface area contributed by atoms with Gasteiger partial charge in [-0.25, -0.2) is 0 Å². The fourth-order valence-electron chi connectivity index (χ4n) is 1.12. The number of nitrogens with one attached hydrogen (secondary N) is 2. The summed E-state index contributed by atoms with van der Waals surface area (Å²) in [6.45, 7) is 0. The van der Waals surface area contributed by atoms with Gasteiger partial charge in [-0.3, -0.25) is 4.79 Å². The first kappa shape index (κ1) is 9.92. The van der Waals surface area contributed by atoms with Gasteiger partial charge in [0, 0.05) is 7.05 Å². The number of aromatic nitrogens is 3. The number of carbonyl (C=O) groups excluding carboxylic acids is 1. The van der Waals surface area contributed by atoms with E-state index in [-0.39, 0.29) is 11.7 Å². The highest BCUT2D eigenvalue weighted by molar-refractivity contribution is 5.90. The third-order valence-corrected chi connectivity index (χ3v) is 1.89. The van der Waals surface area contributed by atoms with E-state index in [2.05, 4.69) is 20.4 Å². The maximum atomic E-state index is 11.2. The van der Waals surface area contributed by atoms with Gasteiger partial charge in [-0.2, -0.15) is 10.2 Å². The standard InChI is InChI=1S/C9H7N5O2/c1-11-8(15)7-13-9(16-14-7)6-3-2-5(4-10)12-6/h2-3,12H,1H3,(H,11,15). The first-order valence-corrected chi connectivity index (χ1v) is 4.40. The van der Waals surface area contributed by atoms with Crippen molar-refractivity contribution >= 4 is 5.91 Å². The highest BCUT2D eigenvalue weighted by Gasteiger charge is 2.15. The SMILES string of the molecule is CNC(=O)c1noc(-c2ccc(C#N)[nH]2)n1. The Balaban J connectivity index is 2.32. The summed E-state index contributed by atoms with van der Waals surface area (Å²) in [5.74, 6) is -0.312. The predicted octanol–water partition coefficient (Wildman–Crippen LogP) is 0.296. The maximum Gasteiger partial charge on any atom is 0.292 e. The van der Waals surface area contributed by atoms with Crippen LogP contribution >= 0.6 is 0 Å². The summed E-state index contributed by atoms with van der Waals surface area (Å²) < 4.78 is 4.87. The van der Waals surface area contributed by atoms with Crippen LogP contribution in [0.5, 0.6) is 0 Å². The van der Waals surface area contributed by atoms with Crippen LogP contribution in [0.15, 0.2) is 16.7 Å². The molecule has 2 N–H and O–H groups in total. The maximum absolute atomic E-state index is 11.2. The van der Waals surface area contributed by atoms with Gasteiger partial charge in [-0.15, -0.1) is 0 Å². The molecule has 0 aliphatic carbocycles. The van der Waals surface area contributed by atoms with Gasteiger partial charge >= 0.3 is 0 Å². The number of H-pyrrole nitrogens is 1. The quantitative estimate of drug-likeness (QED) is 0.751. The molecule has 0 radical (unpaired) electrons. The van der Waals surface area contributed by atoms with Crippen LogP contribution in [0.1, 0.15) is 16.3 Å². The fourth-order valence-corrected chi connectivity index (χ4v) is 1.12. The molecule has 0 aromatic carbocycles. The van der Waals surface area contributed by atoms with E-state index in [0.717, 1.165) is 0 Å². The van der Waals surface area contributed by atoms with Crippen LogP contribution in [0.3, 0.4) is 0 Å². The van der Waals surface area contributed by atoms with Gasteiger partial charge in [-0.05, 0) is 12.1 Å². The van der Waals surface area contributed by atoms with E-state index in [1.807, 2.05) is 6.07 Å². The van der Waals surface area contributed by atoms with E-state index in [9.17, 15) is 4.79 Å². The second kappa shape index (κ2) is 3.86. The van der Waals surface area contributed by atoms with Crippen molar-refractivity contribution in [2.45, 2.75) is 0 Å². The summed E-state index contributed by atoms with van der Waals surface area (Å²) in [4.78, 5) is 17.8. The minimum atomic E-state index is -0.429. The van der Waals surface area contributed by atoms with E-state index >= 15 is 0 Å². The molecule has 16 heavy (non-hydrogen) atoms. The van der Waals surface area contributed by atoms with Crippen LogP contribution < -0.4 is 5.32 Å². The number of nitrogens with zero attached hydrogens (tertiary/aromatic N) is 3. The second-order valence-corrected chi connectivity index (χ2v) is 2.90. The molecule has 2 heterocycles. The molecule has 0 bridgehead atoms. The van der Waals surface area contributed by atoms with Crippen molar-refractivity contribution < 1.29 is 9.32 Å². The predicted molar refractivity (Wildman–Crippen MR) is 52.2 cm³/mol. The molecule has 1 amide bonds. The van der Waals surface area contributed by atoms with Gasteiger partial charge in [0.15, 0.2) is 0 Å². The van der Waals surface area contributed by atoms with Gasteiger partial charge in [0.05, 0.1) is 0 Å². The molecule has 2 aromatic rings.